The van der Waals surface area contributed by atoms with Crippen molar-refractivity contribution in [1.29, 1.82) is 0 Å². The third-order valence-electron chi connectivity index (χ3n) is 3.69. The molecule has 0 spiro atoms. The fraction of sp³-hybridized carbons (Fsp3) is 0.571. The molecule has 1 saturated carbocycles. The molecule has 1 aliphatic rings. The number of rotatable bonds is 4. The average molecular weight is 237 g/mol. The van der Waals surface area contributed by atoms with Gasteiger partial charge in [0.25, 0.3) is 0 Å². The Morgan fingerprint density at radius 1 is 1.35 bits per heavy atom. The van der Waals surface area contributed by atoms with Crippen LogP contribution in [0.1, 0.15) is 38.2 Å². The number of hydrogen-bond donors (Lipinski definition) is 1. The molecule has 0 unspecified atom stereocenters. The van der Waals surface area contributed by atoms with Crippen LogP contribution < -0.4 is 0 Å². The van der Waals surface area contributed by atoms with Crippen LogP contribution in [0.5, 0.6) is 5.75 Å². The van der Waals surface area contributed by atoms with Crippen LogP contribution in [0, 0.1) is 5.82 Å². The summed E-state index contributed by atoms with van der Waals surface area (Å²) in [7, 11) is 0. The lowest BCUT2D eigenvalue weighted by Gasteiger charge is -2.27. The number of nitrogens with zero attached hydrogens (tertiary/aromatic N) is 1. The molecule has 17 heavy (non-hydrogen) atoms. The Kier molecular flexibility index (Phi) is 4.00. The van der Waals surface area contributed by atoms with E-state index in [-0.39, 0.29) is 5.75 Å². The predicted octanol–water partition coefficient (Wildman–Crippen LogP) is 3.30. The van der Waals surface area contributed by atoms with E-state index in [1.807, 2.05) is 0 Å². The Balaban J connectivity index is 2.09. The fourth-order valence-electron chi connectivity index (χ4n) is 2.67. The summed E-state index contributed by atoms with van der Waals surface area (Å²) in [5.74, 6) is -0.714. The molecule has 0 heterocycles. The number of hydrogen-bond acceptors (Lipinski definition) is 2. The maximum atomic E-state index is 13.2. The van der Waals surface area contributed by atoms with Crippen molar-refractivity contribution in [2.45, 2.75) is 45.2 Å². The molecule has 0 atom stereocenters. The second-order valence-corrected chi connectivity index (χ2v) is 4.75. The molecule has 1 aromatic carbocycles. The number of benzene rings is 1. The van der Waals surface area contributed by atoms with Crippen molar-refractivity contribution in [3.05, 3.63) is 29.6 Å². The van der Waals surface area contributed by atoms with Gasteiger partial charge in [-0.05, 0) is 25.5 Å². The maximum Gasteiger partial charge on any atom is 0.165 e. The van der Waals surface area contributed by atoms with Crippen molar-refractivity contribution in [2.75, 3.05) is 6.54 Å². The van der Waals surface area contributed by atoms with Crippen molar-refractivity contribution in [3.63, 3.8) is 0 Å². The van der Waals surface area contributed by atoms with Crippen LogP contribution in [0.15, 0.2) is 18.2 Å². The molecule has 2 rings (SSSR count). The third kappa shape index (κ3) is 2.78. The van der Waals surface area contributed by atoms with E-state index >= 15 is 0 Å². The predicted molar refractivity (Wildman–Crippen MR) is 66.4 cm³/mol. The standard InChI is InChI=1S/C14H20FNO/c1-2-16(12-7-3-4-8-12)10-11-6-5-9-13(15)14(11)17/h5-6,9,12,17H,2-4,7-8,10H2,1H3. The molecule has 0 bridgehead atoms. The van der Waals surface area contributed by atoms with Gasteiger partial charge in [0.1, 0.15) is 0 Å². The zero-order valence-corrected chi connectivity index (χ0v) is 10.3. The van der Waals surface area contributed by atoms with Gasteiger partial charge in [-0.1, -0.05) is 31.9 Å². The van der Waals surface area contributed by atoms with Gasteiger partial charge in [0, 0.05) is 18.2 Å². The van der Waals surface area contributed by atoms with Crippen molar-refractivity contribution in [1.82, 2.24) is 4.90 Å². The number of phenolic OH excluding ortho intramolecular Hbond substituents is 1. The first-order chi connectivity index (χ1) is 8.22. The first kappa shape index (κ1) is 12.4. The smallest absolute Gasteiger partial charge is 0.165 e. The van der Waals surface area contributed by atoms with E-state index in [9.17, 15) is 9.50 Å². The summed E-state index contributed by atoms with van der Waals surface area (Å²) < 4.78 is 13.2. The largest absolute Gasteiger partial charge is 0.505 e. The van der Waals surface area contributed by atoms with Gasteiger partial charge in [-0.15, -0.1) is 0 Å². The van der Waals surface area contributed by atoms with Crippen LogP contribution in [0.3, 0.4) is 0 Å². The molecule has 1 aliphatic carbocycles. The van der Waals surface area contributed by atoms with Crippen LogP contribution in [0.2, 0.25) is 0 Å². The van der Waals surface area contributed by atoms with Crippen LogP contribution in [0.25, 0.3) is 0 Å². The second kappa shape index (κ2) is 5.50. The van der Waals surface area contributed by atoms with Crippen molar-refractivity contribution in [3.8, 4) is 5.75 Å². The first-order valence-electron chi connectivity index (χ1n) is 6.42. The van der Waals surface area contributed by atoms with E-state index in [0.29, 0.717) is 18.2 Å². The van der Waals surface area contributed by atoms with Crippen LogP contribution in [-0.4, -0.2) is 22.6 Å². The molecule has 0 radical (unpaired) electrons. The van der Waals surface area contributed by atoms with Crippen LogP contribution >= 0.6 is 0 Å². The summed E-state index contributed by atoms with van der Waals surface area (Å²) in [5.41, 5.74) is 0.693. The van der Waals surface area contributed by atoms with Gasteiger partial charge in [-0.2, -0.15) is 0 Å². The van der Waals surface area contributed by atoms with Crippen LogP contribution in [0.4, 0.5) is 4.39 Å². The van der Waals surface area contributed by atoms with Crippen molar-refractivity contribution < 1.29 is 9.50 Å². The summed E-state index contributed by atoms with van der Waals surface area (Å²) in [4.78, 5) is 2.33. The number of halogens is 1. The monoisotopic (exact) mass is 237 g/mol. The molecule has 2 nitrogen and oxygen atoms in total. The second-order valence-electron chi connectivity index (χ2n) is 4.75. The Hall–Kier alpha value is -1.09. The maximum absolute atomic E-state index is 13.2. The average Bonchev–Trinajstić information content (AvgIpc) is 2.85. The van der Waals surface area contributed by atoms with Gasteiger partial charge in [-0.3, -0.25) is 4.90 Å². The topological polar surface area (TPSA) is 23.5 Å². The lowest BCUT2D eigenvalue weighted by atomic mass is 10.1. The van der Waals surface area contributed by atoms with Crippen molar-refractivity contribution >= 4 is 0 Å². The minimum atomic E-state index is -0.523. The van der Waals surface area contributed by atoms with Gasteiger partial charge >= 0.3 is 0 Å². The zero-order valence-electron chi connectivity index (χ0n) is 10.3. The van der Waals surface area contributed by atoms with E-state index in [2.05, 4.69) is 11.8 Å². The highest BCUT2D eigenvalue weighted by Crippen LogP contribution is 2.27. The molecule has 0 aliphatic heterocycles. The highest BCUT2D eigenvalue weighted by molar-refractivity contribution is 5.33. The molecule has 0 amide bonds. The first-order valence-corrected chi connectivity index (χ1v) is 6.42. The van der Waals surface area contributed by atoms with Gasteiger partial charge in [0.2, 0.25) is 0 Å². The molecule has 3 heteroatoms. The lowest BCUT2D eigenvalue weighted by molar-refractivity contribution is 0.197. The highest BCUT2D eigenvalue weighted by atomic mass is 19.1. The molecule has 0 aromatic heterocycles. The molecule has 1 aromatic rings. The minimum absolute atomic E-state index is 0.191. The molecule has 0 saturated heterocycles. The Morgan fingerprint density at radius 3 is 2.71 bits per heavy atom. The van der Waals surface area contributed by atoms with E-state index < -0.39 is 5.82 Å². The van der Waals surface area contributed by atoms with Gasteiger partial charge < -0.3 is 5.11 Å². The van der Waals surface area contributed by atoms with Crippen molar-refractivity contribution in [2.24, 2.45) is 0 Å². The van der Waals surface area contributed by atoms with E-state index in [0.717, 1.165) is 6.54 Å². The highest BCUT2D eigenvalue weighted by Gasteiger charge is 2.22. The molecule has 1 N–H and O–H groups in total. The fourth-order valence-corrected chi connectivity index (χ4v) is 2.67. The van der Waals surface area contributed by atoms with Crippen LogP contribution in [-0.2, 0) is 6.54 Å². The molecular formula is C14H20FNO. The van der Waals surface area contributed by atoms with E-state index in [1.54, 1.807) is 12.1 Å². The Bertz CT molecular complexity index is 374. The molecule has 94 valence electrons. The third-order valence-corrected chi connectivity index (χ3v) is 3.69. The minimum Gasteiger partial charge on any atom is -0.505 e. The zero-order chi connectivity index (χ0) is 12.3. The van der Waals surface area contributed by atoms with Gasteiger partial charge in [0.15, 0.2) is 11.6 Å². The SMILES string of the molecule is CCN(Cc1cccc(F)c1O)C1CCCC1. The Labute approximate surface area is 102 Å². The number of aromatic hydroxyl groups is 1. The summed E-state index contributed by atoms with van der Waals surface area (Å²) >= 11 is 0. The molecule has 1 fully saturated rings. The summed E-state index contributed by atoms with van der Waals surface area (Å²) in [6.45, 7) is 3.71. The normalized spacial score (nSPS) is 16.9. The molecular weight excluding hydrogens is 217 g/mol. The van der Waals surface area contributed by atoms with E-state index in [1.165, 1.54) is 31.7 Å². The summed E-state index contributed by atoms with van der Waals surface area (Å²) in [6.07, 6.45) is 5.03. The van der Waals surface area contributed by atoms with E-state index in [4.69, 9.17) is 0 Å². The quantitative estimate of drug-likeness (QED) is 0.868. The van der Waals surface area contributed by atoms with Gasteiger partial charge in [-0.25, -0.2) is 4.39 Å². The summed E-state index contributed by atoms with van der Waals surface area (Å²) in [5, 5.41) is 9.68. The number of phenols is 1. The Morgan fingerprint density at radius 2 is 2.06 bits per heavy atom. The lowest BCUT2D eigenvalue weighted by Crippen LogP contribution is -2.32. The van der Waals surface area contributed by atoms with Gasteiger partial charge in [0.05, 0.1) is 0 Å². The number of para-hydroxylation sites is 1. The summed E-state index contributed by atoms with van der Waals surface area (Å²) in [6, 6.07) is 5.36.